The summed E-state index contributed by atoms with van der Waals surface area (Å²) in [4.78, 5) is 7.13. The summed E-state index contributed by atoms with van der Waals surface area (Å²) in [5.41, 5.74) is 2.15. The van der Waals surface area contributed by atoms with E-state index < -0.39 is 0 Å². The molecule has 0 aliphatic carbocycles. The first-order valence-corrected chi connectivity index (χ1v) is 8.72. The van der Waals surface area contributed by atoms with Crippen molar-refractivity contribution < 1.29 is 9.26 Å². The van der Waals surface area contributed by atoms with Crippen LogP contribution >= 0.6 is 24.0 Å². The standard InChI is InChI=1S/C17H30N4O2.HI/c1-5-18-17(21-11-8-15(9-12-21)22-6-2)19-10-7-16-13(3)20-23-14(16)4;/h15H,5-12H2,1-4H3,(H,18,19);1H. The van der Waals surface area contributed by atoms with Crippen molar-refractivity contribution >= 4 is 29.9 Å². The number of likely N-dealkylation sites (tertiary alicyclic amines) is 1. The van der Waals surface area contributed by atoms with Crippen LogP contribution in [0.3, 0.4) is 0 Å². The van der Waals surface area contributed by atoms with Crippen LogP contribution in [0.4, 0.5) is 0 Å². The van der Waals surface area contributed by atoms with Gasteiger partial charge in [0.25, 0.3) is 0 Å². The molecular formula is C17H31IN4O2. The molecule has 0 radical (unpaired) electrons. The minimum atomic E-state index is 0. The molecule has 0 unspecified atom stereocenters. The minimum absolute atomic E-state index is 0. The molecule has 1 aromatic rings. The second-order valence-corrected chi connectivity index (χ2v) is 5.93. The van der Waals surface area contributed by atoms with Crippen molar-refractivity contribution in [2.75, 3.05) is 32.8 Å². The van der Waals surface area contributed by atoms with E-state index in [1.165, 1.54) is 5.56 Å². The monoisotopic (exact) mass is 450 g/mol. The highest BCUT2D eigenvalue weighted by Gasteiger charge is 2.21. The summed E-state index contributed by atoms with van der Waals surface area (Å²) < 4.78 is 10.9. The number of nitrogens with zero attached hydrogens (tertiary/aromatic N) is 3. The topological polar surface area (TPSA) is 62.9 Å². The number of halogens is 1. The van der Waals surface area contributed by atoms with Gasteiger partial charge in [-0.2, -0.15) is 0 Å². The van der Waals surface area contributed by atoms with Crippen molar-refractivity contribution in [2.24, 2.45) is 4.99 Å². The highest BCUT2D eigenvalue weighted by Crippen LogP contribution is 2.15. The summed E-state index contributed by atoms with van der Waals surface area (Å²) in [5, 5.41) is 7.41. The fraction of sp³-hybridized carbons (Fsp3) is 0.765. The summed E-state index contributed by atoms with van der Waals surface area (Å²) in [6, 6.07) is 0. The molecule has 1 fully saturated rings. The molecule has 1 aliphatic rings. The predicted molar refractivity (Wildman–Crippen MR) is 107 cm³/mol. The maximum absolute atomic E-state index is 5.72. The molecule has 2 rings (SSSR count). The number of rotatable bonds is 6. The maximum Gasteiger partial charge on any atom is 0.193 e. The van der Waals surface area contributed by atoms with Crippen molar-refractivity contribution in [1.29, 1.82) is 0 Å². The molecule has 0 amide bonds. The second-order valence-electron chi connectivity index (χ2n) is 5.93. The Labute approximate surface area is 162 Å². The molecule has 1 aliphatic heterocycles. The average Bonchev–Trinajstić information content (AvgIpc) is 2.87. The first kappa shape index (κ1) is 21.2. The largest absolute Gasteiger partial charge is 0.378 e. The van der Waals surface area contributed by atoms with Crippen LogP contribution in [-0.2, 0) is 11.2 Å². The van der Waals surface area contributed by atoms with Crippen LogP contribution in [-0.4, -0.2) is 54.9 Å². The average molecular weight is 450 g/mol. The molecule has 0 bridgehead atoms. The smallest absolute Gasteiger partial charge is 0.193 e. The molecule has 0 saturated carbocycles. The number of hydrogen-bond donors (Lipinski definition) is 1. The van der Waals surface area contributed by atoms with Crippen molar-refractivity contribution in [3.8, 4) is 0 Å². The first-order valence-electron chi connectivity index (χ1n) is 8.72. The Morgan fingerprint density at radius 1 is 1.33 bits per heavy atom. The van der Waals surface area contributed by atoms with E-state index in [0.717, 1.165) is 69.5 Å². The molecule has 1 saturated heterocycles. The number of aliphatic imine (C=N–C) groups is 1. The van der Waals surface area contributed by atoms with E-state index in [4.69, 9.17) is 14.3 Å². The van der Waals surface area contributed by atoms with Crippen LogP contribution in [0.1, 0.15) is 43.7 Å². The lowest BCUT2D eigenvalue weighted by molar-refractivity contribution is 0.0264. The highest BCUT2D eigenvalue weighted by molar-refractivity contribution is 14.0. The molecule has 0 atom stereocenters. The number of ether oxygens (including phenoxy) is 1. The Kier molecular flexibility index (Phi) is 9.65. The Balaban J connectivity index is 0.00000288. The lowest BCUT2D eigenvalue weighted by Gasteiger charge is -2.34. The van der Waals surface area contributed by atoms with Crippen LogP contribution in [0, 0.1) is 13.8 Å². The molecule has 0 spiro atoms. The third-order valence-corrected chi connectivity index (χ3v) is 4.28. The van der Waals surface area contributed by atoms with E-state index in [1.807, 2.05) is 13.8 Å². The van der Waals surface area contributed by atoms with E-state index in [-0.39, 0.29) is 24.0 Å². The fourth-order valence-electron chi connectivity index (χ4n) is 3.03. The molecular weight excluding hydrogens is 419 g/mol. The number of piperidine rings is 1. The SMILES string of the molecule is CCNC(=NCCc1c(C)noc1C)N1CCC(OCC)CC1.I. The molecule has 1 N–H and O–H groups in total. The summed E-state index contributed by atoms with van der Waals surface area (Å²) in [5.74, 6) is 1.91. The zero-order valence-corrected chi connectivity index (χ0v) is 17.6. The van der Waals surface area contributed by atoms with Gasteiger partial charge in [-0.05, 0) is 47.0 Å². The lowest BCUT2D eigenvalue weighted by Crippen LogP contribution is -2.47. The lowest BCUT2D eigenvalue weighted by atomic mass is 10.1. The summed E-state index contributed by atoms with van der Waals surface area (Å²) in [6.45, 7) is 12.6. The normalized spacial score (nSPS) is 16.2. The Bertz CT molecular complexity index is 491. The molecule has 1 aromatic heterocycles. The number of nitrogens with one attached hydrogen (secondary N) is 1. The summed E-state index contributed by atoms with van der Waals surface area (Å²) in [6.07, 6.45) is 3.41. The highest BCUT2D eigenvalue weighted by atomic mass is 127. The van der Waals surface area contributed by atoms with Crippen molar-refractivity contribution in [1.82, 2.24) is 15.4 Å². The third-order valence-electron chi connectivity index (χ3n) is 4.28. The van der Waals surface area contributed by atoms with Crippen LogP contribution in [0.25, 0.3) is 0 Å². The molecule has 138 valence electrons. The zero-order chi connectivity index (χ0) is 16.7. The quantitative estimate of drug-likeness (QED) is 0.410. The van der Waals surface area contributed by atoms with E-state index in [2.05, 4.69) is 29.2 Å². The van der Waals surface area contributed by atoms with Crippen LogP contribution in [0.5, 0.6) is 0 Å². The van der Waals surface area contributed by atoms with E-state index in [1.54, 1.807) is 0 Å². The number of guanidine groups is 1. The van der Waals surface area contributed by atoms with E-state index >= 15 is 0 Å². The van der Waals surface area contributed by atoms with E-state index in [0.29, 0.717) is 6.10 Å². The second kappa shape index (κ2) is 10.9. The van der Waals surface area contributed by atoms with Gasteiger partial charge in [0.2, 0.25) is 0 Å². The predicted octanol–water partition coefficient (Wildman–Crippen LogP) is 2.92. The van der Waals surface area contributed by atoms with E-state index in [9.17, 15) is 0 Å². The van der Waals surface area contributed by atoms with Crippen molar-refractivity contribution in [3.63, 3.8) is 0 Å². The molecule has 24 heavy (non-hydrogen) atoms. The van der Waals surface area contributed by atoms with Gasteiger partial charge in [-0.3, -0.25) is 4.99 Å². The van der Waals surface area contributed by atoms with Gasteiger partial charge in [-0.15, -0.1) is 24.0 Å². The zero-order valence-electron chi connectivity index (χ0n) is 15.3. The van der Waals surface area contributed by atoms with Gasteiger partial charge < -0.3 is 19.5 Å². The number of aryl methyl sites for hydroxylation is 2. The van der Waals surface area contributed by atoms with Gasteiger partial charge >= 0.3 is 0 Å². The summed E-state index contributed by atoms with van der Waals surface area (Å²) >= 11 is 0. The van der Waals surface area contributed by atoms with Crippen LogP contribution in [0.2, 0.25) is 0 Å². The van der Waals surface area contributed by atoms with Crippen LogP contribution < -0.4 is 5.32 Å². The Hall–Kier alpha value is -0.830. The third kappa shape index (κ3) is 5.91. The van der Waals surface area contributed by atoms with Crippen molar-refractivity contribution in [3.05, 3.63) is 17.0 Å². The van der Waals surface area contributed by atoms with Crippen LogP contribution in [0.15, 0.2) is 9.52 Å². The number of hydrogen-bond acceptors (Lipinski definition) is 4. The van der Waals surface area contributed by atoms with Gasteiger partial charge in [0, 0.05) is 38.3 Å². The number of aromatic nitrogens is 1. The van der Waals surface area contributed by atoms with Crippen molar-refractivity contribution in [2.45, 2.75) is 53.1 Å². The first-order chi connectivity index (χ1) is 11.2. The summed E-state index contributed by atoms with van der Waals surface area (Å²) in [7, 11) is 0. The Morgan fingerprint density at radius 2 is 2.04 bits per heavy atom. The minimum Gasteiger partial charge on any atom is -0.378 e. The van der Waals surface area contributed by atoms with Gasteiger partial charge in [0.1, 0.15) is 5.76 Å². The molecule has 7 heteroatoms. The van der Waals surface area contributed by atoms with Gasteiger partial charge in [0.05, 0.1) is 11.8 Å². The molecule has 0 aromatic carbocycles. The fourth-order valence-corrected chi connectivity index (χ4v) is 3.03. The molecule has 6 nitrogen and oxygen atoms in total. The van der Waals surface area contributed by atoms with Gasteiger partial charge in [0.15, 0.2) is 5.96 Å². The van der Waals surface area contributed by atoms with Gasteiger partial charge in [-0.25, -0.2) is 0 Å². The molecule has 2 heterocycles. The maximum atomic E-state index is 5.72. The Morgan fingerprint density at radius 3 is 2.58 bits per heavy atom. The van der Waals surface area contributed by atoms with Gasteiger partial charge in [-0.1, -0.05) is 5.16 Å².